The van der Waals surface area contributed by atoms with Crippen LogP contribution in [0, 0.1) is 5.82 Å². The van der Waals surface area contributed by atoms with E-state index in [0.29, 0.717) is 0 Å². The maximum absolute atomic E-state index is 12.9. The van der Waals surface area contributed by atoms with Gasteiger partial charge in [-0.2, -0.15) is 5.10 Å². The maximum atomic E-state index is 12.9. The molecule has 0 amide bonds. The lowest BCUT2D eigenvalue weighted by molar-refractivity contribution is 0.628. The van der Waals surface area contributed by atoms with Gasteiger partial charge >= 0.3 is 0 Å². The number of H-pyrrole nitrogens is 1. The molecule has 0 saturated heterocycles. The van der Waals surface area contributed by atoms with E-state index in [1.54, 1.807) is 12.1 Å². The summed E-state index contributed by atoms with van der Waals surface area (Å²) in [6, 6.07) is 6.41. The summed E-state index contributed by atoms with van der Waals surface area (Å²) in [5, 5.41) is 7.02. The smallest absolute Gasteiger partial charge is 0.123 e. The average molecular weight is 231 g/mol. The van der Waals surface area contributed by atoms with E-state index in [1.165, 1.54) is 12.1 Å². The highest BCUT2D eigenvalue weighted by Gasteiger charge is 2.38. The number of aromatic nitrogens is 2. The second kappa shape index (κ2) is 3.67. The van der Waals surface area contributed by atoms with E-state index < -0.39 is 0 Å². The minimum Gasteiger partial charge on any atom is -0.325 e. The molecule has 0 unspecified atom stereocenters. The Balaban J connectivity index is 1.92. The standard InChI is InChI=1S/C13H14FN3/c14-11-3-1-9(2-4-11)12-10(8-16-17-12)7-13(15)5-6-13/h1-4,8H,5-7,15H2,(H,16,17). The lowest BCUT2D eigenvalue weighted by Gasteiger charge is -2.08. The Hall–Kier alpha value is -1.68. The lowest BCUT2D eigenvalue weighted by atomic mass is 10.0. The number of halogens is 1. The summed E-state index contributed by atoms with van der Waals surface area (Å²) >= 11 is 0. The van der Waals surface area contributed by atoms with Crippen LogP contribution < -0.4 is 5.73 Å². The third kappa shape index (κ3) is 2.08. The normalized spacial score (nSPS) is 17.1. The molecule has 3 nitrogen and oxygen atoms in total. The first-order chi connectivity index (χ1) is 8.16. The summed E-state index contributed by atoms with van der Waals surface area (Å²) in [4.78, 5) is 0. The van der Waals surface area contributed by atoms with Gasteiger partial charge in [-0.05, 0) is 49.1 Å². The molecule has 1 aromatic carbocycles. The van der Waals surface area contributed by atoms with Gasteiger partial charge in [0.2, 0.25) is 0 Å². The van der Waals surface area contributed by atoms with Gasteiger partial charge < -0.3 is 5.73 Å². The van der Waals surface area contributed by atoms with Crippen LogP contribution >= 0.6 is 0 Å². The first-order valence-corrected chi connectivity index (χ1v) is 5.73. The van der Waals surface area contributed by atoms with Gasteiger partial charge in [0.05, 0.1) is 11.9 Å². The molecule has 1 heterocycles. The van der Waals surface area contributed by atoms with E-state index in [0.717, 1.165) is 36.1 Å². The fourth-order valence-electron chi connectivity index (χ4n) is 2.03. The lowest BCUT2D eigenvalue weighted by Crippen LogP contribution is -2.24. The van der Waals surface area contributed by atoms with Crippen molar-refractivity contribution in [1.82, 2.24) is 10.2 Å². The van der Waals surface area contributed by atoms with Gasteiger partial charge in [0.15, 0.2) is 0 Å². The molecule has 1 aromatic heterocycles. The molecule has 4 heteroatoms. The molecule has 0 atom stereocenters. The van der Waals surface area contributed by atoms with Gasteiger partial charge in [0, 0.05) is 11.1 Å². The van der Waals surface area contributed by atoms with Crippen LogP contribution in [0.2, 0.25) is 0 Å². The van der Waals surface area contributed by atoms with Crippen molar-refractivity contribution in [3.05, 3.63) is 41.8 Å². The number of hydrogen-bond acceptors (Lipinski definition) is 2. The van der Waals surface area contributed by atoms with Crippen molar-refractivity contribution in [3.63, 3.8) is 0 Å². The molecule has 0 aliphatic heterocycles. The van der Waals surface area contributed by atoms with Crippen molar-refractivity contribution in [2.45, 2.75) is 24.8 Å². The Morgan fingerprint density at radius 2 is 2.00 bits per heavy atom. The zero-order valence-corrected chi connectivity index (χ0v) is 9.41. The molecular weight excluding hydrogens is 217 g/mol. The molecule has 88 valence electrons. The van der Waals surface area contributed by atoms with E-state index in [2.05, 4.69) is 10.2 Å². The van der Waals surface area contributed by atoms with E-state index in [9.17, 15) is 4.39 Å². The number of benzene rings is 1. The van der Waals surface area contributed by atoms with Gasteiger partial charge in [0.1, 0.15) is 5.82 Å². The number of nitrogens with one attached hydrogen (secondary N) is 1. The van der Waals surface area contributed by atoms with Crippen molar-refractivity contribution < 1.29 is 4.39 Å². The van der Waals surface area contributed by atoms with E-state index >= 15 is 0 Å². The van der Waals surface area contributed by atoms with E-state index in [-0.39, 0.29) is 11.4 Å². The number of aromatic amines is 1. The molecule has 0 radical (unpaired) electrons. The molecular formula is C13H14FN3. The highest BCUT2D eigenvalue weighted by Crippen LogP contribution is 2.37. The summed E-state index contributed by atoms with van der Waals surface area (Å²) < 4.78 is 12.9. The molecule has 3 rings (SSSR count). The molecule has 1 aliphatic carbocycles. The highest BCUT2D eigenvalue weighted by atomic mass is 19.1. The topological polar surface area (TPSA) is 54.7 Å². The van der Waals surface area contributed by atoms with Crippen LogP contribution in [0.25, 0.3) is 11.3 Å². The van der Waals surface area contributed by atoms with E-state index in [1.807, 2.05) is 6.20 Å². The molecule has 2 aromatic rings. The van der Waals surface area contributed by atoms with Crippen molar-refractivity contribution in [1.29, 1.82) is 0 Å². The molecule has 3 N–H and O–H groups in total. The van der Waals surface area contributed by atoms with Crippen LogP contribution in [0.1, 0.15) is 18.4 Å². The third-order valence-electron chi connectivity index (χ3n) is 3.29. The van der Waals surface area contributed by atoms with Crippen LogP contribution in [0.4, 0.5) is 4.39 Å². The molecule has 0 bridgehead atoms. The van der Waals surface area contributed by atoms with Crippen molar-refractivity contribution in [2.75, 3.05) is 0 Å². The first-order valence-electron chi connectivity index (χ1n) is 5.73. The Kier molecular flexibility index (Phi) is 2.26. The van der Waals surface area contributed by atoms with Crippen LogP contribution in [0.5, 0.6) is 0 Å². The molecule has 1 fully saturated rings. The molecule has 1 saturated carbocycles. The fourth-order valence-corrected chi connectivity index (χ4v) is 2.03. The van der Waals surface area contributed by atoms with Gasteiger partial charge in [-0.3, -0.25) is 5.10 Å². The minimum atomic E-state index is -0.229. The predicted molar refractivity (Wildman–Crippen MR) is 63.8 cm³/mol. The largest absolute Gasteiger partial charge is 0.325 e. The zero-order chi connectivity index (χ0) is 11.9. The summed E-state index contributed by atoms with van der Waals surface area (Å²) in [6.07, 6.45) is 4.78. The van der Waals surface area contributed by atoms with Crippen LogP contribution in [-0.2, 0) is 6.42 Å². The molecule has 1 aliphatic rings. The Morgan fingerprint density at radius 1 is 1.29 bits per heavy atom. The zero-order valence-electron chi connectivity index (χ0n) is 9.41. The van der Waals surface area contributed by atoms with Gasteiger partial charge in [-0.15, -0.1) is 0 Å². The Labute approximate surface area is 98.8 Å². The summed E-state index contributed by atoms with van der Waals surface area (Å²) in [5.74, 6) is -0.229. The highest BCUT2D eigenvalue weighted by molar-refractivity contribution is 5.62. The van der Waals surface area contributed by atoms with Crippen molar-refractivity contribution in [3.8, 4) is 11.3 Å². The predicted octanol–water partition coefficient (Wildman–Crippen LogP) is 2.25. The second-order valence-electron chi connectivity index (χ2n) is 4.82. The maximum Gasteiger partial charge on any atom is 0.123 e. The summed E-state index contributed by atoms with van der Waals surface area (Å²) in [6.45, 7) is 0. The van der Waals surface area contributed by atoms with Gasteiger partial charge in [-0.25, -0.2) is 4.39 Å². The fraction of sp³-hybridized carbons (Fsp3) is 0.308. The number of nitrogens with zero attached hydrogens (tertiary/aromatic N) is 1. The monoisotopic (exact) mass is 231 g/mol. The average Bonchev–Trinajstić information content (AvgIpc) is 2.86. The number of nitrogens with two attached hydrogens (primary N) is 1. The van der Waals surface area contributed by atoms with Crippen molar-refractivity contribution >= 4 is 0 Å². The SMILES string of the molecule is NC1(Cc2cn[nH]c2-c2ccc(F)cc2)CC1. The summed E-state index contributed by atoms with van der Waals surface area (Å²) in [5.41, 5.74) is 9.07. The van der Waals surface area contributed by atoms with E-state index in [4.69, 9.17) is 5.73 Å². The second-order valence-corrected chi connectivity index (χ2v) is 4.82. The van der Waals surface area contributed by atoms with Crippen LogP contribution in [-0.4, -0.2) is 15.7 Å². The first kappa shape index (κ1) is 10.5. The minimum absolute atomic E-state index is 0.0430. The van der Waals surface area contributed by atoms with Crippen LogP contribution in [0.3, 0.4) is 0 Å². The molecule has 0 spiro atoms. The number of rotatable bonds is 3. The Morgan fingerprint density at radius 3 is 2.65 bits per heavy atom. The molecule has 17 heavy (non-hydrogen) atoms. The third-order valence-corrected chi connectivity index (χ3v) is 3.29. The Bertz CT molecular complexity index is 526. The summed E-state index contributed by atoms with van der Waals surface area (Å²) in [7, 11) is 0. The van der Waals surface area contributed by atoms with Gasteiger partial charge in [0.25, 0.3) is 0 Å². The van der Waals surface area contributed by atoms with Crippen LogP contribution in [0.15, 0.2) is 30.5 Å². The quantitative estimate of drug-likeness (QED) is 0.851. The van der Waals surface area contributed by atoms with Gasteiger partial charge in [-0.1, -0.05) is 0 Å². The van der Waals surface area contributed by atoms with Crippen molar-refractivity contribution in [2.24, 2.45) is 5.73 Å². The number of hydrogen-bond donors (Lipinski definition) is 2.